The molecule has 2 heterocycles. The van der Waals surface area contributed by atoms with Crippen LogP contribution < -0.4 is 19.5 Å². The number of fused-ring (bicyclic) bond motifs is 1. The highest BCUT2D eigenvalue weighted by atomic mass is 32.1. The van der Waals surface area contributed by atoms with Crippen molar-refractivity contribution in [3.63, 3.8) is 0 Å². The maximum absolute atomic E-state index is 5.49. The first-order valence-electron chi connectivity index (χ1n) is 9.33. The summed E-state index contributed by atoms with van der Waals surface area (Å²) in [6.45, 7) is 2.60. The lowest BCUT2D eigenvalue weighted by Gasteiger charge is -2.15. The van der Waals surface area contributed by atoms with Crippen molar-refractivity contribution < 1.29 is 14.2 Å². The van der Waals surface area contributed by atoms with E-state index in [1.165, 1.54) is 0 Å². The first kappa shape index (κ1) is 19.9. The van der Waals surface area contributed by atoms with Gasteiger partial charge in [-0.15, -0.1) is 11.3 Å². The van der Waals surface area contributed by atoms with Gasteiger partial charge in [0, 0.05) is 16.5 Å². The number of rotatable bonds is 7. The van der Waals surface area contributed by atoms with Crippen molar-refractivity contribution in [2.45, 2.75) is 13.5 Å². The van der Waals surface area contributed by atoms with E-state index in [1.54, 1.807) is 39.0 Å². The molecule has 30 heavy (non-hydrogen) atoms. The summed E-state index contributed by atoms with van der Waals surface area (Å²) in [5.41, 5.74) is 3.81. The molecule has 0 radical (unpaired) electrons. The van der Waals surface area contributed by atoms with Gasteiger partial charge in [-0.25, -0.2) is 15.0 Å². The van der Waals surface area contributed by atoms with Gasteiger partial charge in [-0.05, 0) is 42.3 Å². The summed E-state index contributed by atoms with van der Waals surface area (Å²) >= 11 is 1.63. The summed E-state index contributed by atoms with van der Waals surface area (Å²) in [7, 11) is 4.81. The Labute approximate surface area is 178 Å². The molecule has 0 aliphatic rings. The Morgan fingerprint density at radius 3 is 2.33 bits per heavy atom. The molecule has 8 heteroatoms. The van der Waals surface area contributed by atoms with Crippen LogP contribution in [0.5, 0.6) is 17.2 Å². The van der Waals surface area contributed by atoms with E-state index in [0.717, 1.165) is 38.5 Å². The highest BCUT2D eigenvalue weighted by Gasteiger charge is 2.15. The van der Waals surface area contributed by atoms with E-state index in [1.807, 2.05) is 36.6 Å². The molecule has 0 atom stereocenters. The number of benzene rings is 2. The number of nitrogens with one attached hydrogen (secondary N) is 1. The number of hydrogen-bond donors (Lipinski definition) is 1. The number of ether oxygens (including phenoxy) is 3. The third-order valence-electron chi connectivity index (χ3n) is 4.71. The van der Waals surface area contributed by atoms with Gasteiger partial charge in [0.05, 0.1) is 33.4 Å². The van der Waals surface area contributed by atoms with Crippen LogP contribution in [0.2, 0.25) is 0 Å². The zero-order valence-electron chi connectivity index (χ0n) is 17.2. The predicted molar refractivity (Wildman–Crippen MR) is 119 cm³/mol. The van der Waals surface area contributed by atoms with Crippen LogP contribution in [0.15, 0.2) is 42.0 Å². The van der Waals surface area contributed by atoms with E-state index < -0.39 is 0 Å². The Bertz CT molecular complexity index is 1170. The maximum atomic E-state index is 5.49. The highest BCUT2D eigenvalue weighted by molar-refractivity contribution is 7.09. The molecule has 0 unspecified atom stereocenters. The van der Waals surface area contributed by atoms with Crippen molar-refractivity contribution in [3.8, 4) is 28.4 Å². The van der Waals surface area contributed by atoms with Crippen LogP contribution in [0.3, 0.4) is 0 Å². The van der Waals surface area contributed by atoms with Crippen LogP contribution in [-0.4, -0.2) is 36.3 Å². The third kappa shape index (κ3) is 3.86. The number of thiazole rings is 1. The molecule has 1 N–H and O–H groups in total. The Balaban J connectivity index is 1.74. The molecular formula is C22H22N4O3S. The fourth-order valence-electron chi connectivity index (χ4n) is 3.27. The molecule has 0 saturated heterocycles. The van der Waals surface area contributed by atoms with Crippen molar-refractivity contribution in [1.29, 1.82) is 0 Å². The van der Waals surface area contributed by atoms with E-state index in [9.17, 15) is 0 Å². The Morgan fingerprint density at radius 2 is 1.70 bits per heavy atom. The summed E-state index contributed by atoms with van der Waals surface area (Å²) in [6.07, 6.45) is 1.57. The molecule has 4 aromatic rings. The van der Waals surface area contributed by atoms with Gasteiger partial charge < -0.3 is 19.5 Å². The van der Waals surface area contributed by atoms with Gasteiger partial charge in [0.15, 0.2) is 11.5 Å². The Hall–Kier alpha value is -3.39. The zero-order valence-corrected chi connectivity index (χ0v) is 18.0. The maximum Gasteiger partial charge on any atom is 0.203 e. The van der Waals surface area contributed by atoms with Gasteiger partial charge in [-0.1, -0.05) is 6.07 Å². The van der Waals surface area contributed by atoms with Gasteiger partial charge in [-0.3, -0.25) is 0 Å². The van der Waals surface area contributed by atoms with Crippen LogP contribution in [0.25, 0.3) is 22.0 Å². The van der Waals surface area contributed by atoms with Gasteiger partial charge in [0.2, 0.25) is 5.75 Å². The number of aromatic nitrogens is 3. The number of nitrogens with zero attached hydrogens (tertiary/aromatic N) is 3. The standard InChI is InChI=1S/C22H22N4O3S/c1-13-11-30-20(26-13)10-23-22-16-7-14(5-6-17(16)24-12-25-22)15-8-18(27-2)21(29-4)19(9-15)28-3/h5-9,11-12H,10H2,1-4H3,(H,23,24,25). The quantitative estimate of drug-likeness (QED) is 0.462. The minimum Gasteiger partial charge on any atom is -0.493 e. The highest BCUT2D eigenvalue weighted by Crippen LogP contribution is 2.41. The molecule has 0 amide bonds. The molecule has 0 aliphatic heterocycles. The van der Waals surface area contributed by atoms with Crippen molar-refractivity contribution in [2.24, 2.45) is 0 Å². The fourth-order valence-corrected chi connectivity index (χ4v) is 3.98. The molecule has 4 rings (SSSR count). The lowest BCUT2D eigenvalue weighted by atomic mass is 10.0. The summed E-state index contributed by atoms with van der Waals surface area (Å²) in [5.74, 6) is 2.54. The summed E-state index contributed by atoms with van der Waals surface area (Å²) < 4.78 is 16.4. The average molecular weight is 423 g/mol. The van der Waals surface area contributed by atoms with Gasteiger partial charge in [-0.2, -0.15) is 0 Å². The summed E-state index contributed by atoms with van der Waals surface area (Å²) in [5, 5.41) is 7.37. The normalized spacial score (nSPS) is 10.8. The Morgan fingerprint density at radius 1 is 0.933 bits per heavy atom. The zero-order chi connectivity index (χ0) is 21.1. The van der Waals surface area contributed by atoms with Crippen LogP contribution in [0.1, 0.15) is 10.7 Å². The van der Waals surface area contributed by atoms with Crippen LogP contribution >= 0.6 is 11.3 Å². The van der Waals surface area contributed by atoms with E-state index in [0.29, 0.717) is 23.8 Å². The van der Waals surface area contributed by atoms with E-state index in [-0.39, 0.29) is 0 Å². The number of anilines is 1. The molecule has 154 valence electrons. The SMILES string of the molecule is COc1cc(-c2ccc3ncnc(NCc4nc(C)cs4)c3c2)cc(OC)c1OC. The second-order valence-corrected chi connectivity index (χ2v) is 7.55. The molecule has 0 fully saturated rings. The third-order valence-corrected chi connectivity index (χ3v) is 5.67. The minimum absolute atomic E-state index is 0.564. The van der Waals surface area contributed by atoms with E-state index in [4.69, 9.17) is 14.2 Å². The first-order valence-corrected chi connectivity index (χ1v) is 10.2. The van der Waals surface area contributed by atoms with Gasteiger partial charge >= 0.3 is 0 Å². The van der Waals surface area contributed by atoms with Crippen molar-refractivity contribution in [3.05, 3.63) is 52.7 Å². The van der Waals surface area contributed by atoms with Gasteiger partial charge in [0.25, 0.3) is 0 Å². The second-order valence-electron chi connectivity index (χ2n) is 6.60. The lowest BCUT2D eigenvalue weighted by molar-refractivity contribution is 0.324. The van der Waals surface area contributed by atoms with Crippen molar-refractivity contribution >= 4 is 28.1 Å². The Kier molecular flexibility index (Phi) is 5.67. The second kappa shape index (κ2) is 8.54. The molecular weight excluding hydrogens is 400 g/mol. The smallest absolute Gasteiger partial charge is 0.203 e. The molecule has 0 aliphatic carbocycles. The van der Waals surface area contributed by atoms with E-state index >= 15 is 0 Å². The largest absolute Gasteiger partial charge is 0.493 e. The number of hydrogen-bond acceptors (Lipinski definition) is 8. The van der Waals surface area contributed by atoms with E-state index in [2.05, 4.69) is 26.3 Å². The predicted octanol–water partition coefficient (Wildman–Crippen LogP) is 4.70. The van der Waals surface area contributed by atoms with Crippen LogP contribution in [-0.2, 0) is 6.54 Å². The first-order chi connectivity index (χ1) is 14.6. The average Bonchev–Trinajstić information content (AvgIpc) is 3.21. The molecule has 0 spiro atoms. The molecule has 0 saturated carbocycles. The molecule has 2 aromatic carbocycles. The summed E-state index contributed by atoms with van der Waals surface area (Å²) in [6, 6.07) is 9.92. The minimum atomic E-state index is 0.564. The van der Waals surface area contributed by atoms with Crippen molar-refractivity contribution in [1.82, 2.24) is 15.0 Å². The monoisotopic (exact) mass is 422 g/mol. The van der Waals surface area contributed by atoms with Crippen LogP contribution in [0, 0.1) is 6.92 Å². The van der Waals surface area contributed by atoms with Crippen LogP contribution in [0.4, 0.5) is 5.82 Å². The number of aryl methyl sites for hydroxylation is 1. The van der Waals surface area contributed by atoms with Gasteiger partial charge in [0.1, 0.15) is 17.2 Å². The lowest BCUT2D eigenvalue weighted by Crippen LogP contribution is -2.02. The van der Waals surface area contributed by atoms with Crippen molar-refractivity contribution in [2.75, 3.05) is 26.6 Å². The fraction of sp³-hybridized carbons (Fsp3) is 0.227. The molecule has 2 aromatic heterocycles. The topological polar surface area (TPSA) is 78.4 Å². The molecule has 7 nitrogen and oxygen atoms in total. The molecule has 0 bridgehead atoms. The summed E-state index contributed by atoms with van der Waals surface area (Å²) in [4.78, 5) is 13.3. The number of methoxy groups -OCH3 is 3.